The molecule has 0 aliphatic carbocycles. The van der Waals surface area contributed by atoms with E-state index in [0.717, 1.165) is 23.8 Å². The van der Waals surface area contributed by atoms with Crippen LogP contribution in [0.25, 0.3) is 0 Å². The Labute approximate surface area is 294 Å². The third-order valence-electron chi connectivity index (χ3n) is 7.62. The van der Waals surface area contributed by atoms with Crippen LogP contribution in [0.1, 0.15) is 98.6 Å². The van der Waals surface area contributed by atoms with Gasteiger partial charge >= 0.3 is 12.2 Å². The molecule has 3 N–H and O–H groups in total. The van der Waals surface area contributed by atoms with Crippen molar-refractivity contribution in [2.75, 3.05) is 6.61 Å². The fraction of sp³-hybridized carbons (Fsp3) is 0.579. The quantitative estimate of drug-likeness (QED) is 0.151. The predicted octanol–water partition coefficient (Wildman–Crippen LogP) is 6.99. The molecule has 0 saturated heterocycles. The molecular weight excluding hydrogens is 650 g/mol. The second-order valence-electron chi connectivity index (χ2n) is 15.4. The molecule has 0 aromatic heterocycles. The van der Waals surface area contributed by atoms with Crippen molar-refractivity contribution in [3.63, 3.8) is 0 Å². The highest BCUT2D eigenvalue weighted by molar-refractivity contribution is 5.84. The van der Waals surface area contributed by atoms with Gasteiger partial charge in [-0.25, -0.2) is 18.4 Å². The third kappa shape index (κ3) is 17.2. The van der Waals surface area contributed by atoms with Gasteiger partial charge in [-0.2, -0.15) is 0 Å². The number of aliphatic hydroxyl groups is 1. The molecule has 0 aliphatic heterocycles. The normalized spacial score (nSPS) is 13.9. The summed E-state index contributed by atoms with van der Waals surface area (Å²) < 4.78 is 44.6. The lowest BCUT2D eigenvalue weighted by Crippen LogP contribution is -2.51. The highest BCUT2D eigenvalue weighted by Crippen LogP contribution is 2.29. The number of alkyl carbamates (subject to hydrolysis) is 2. The Balaban J connectivity index is 2.00. The van der Waals surface area contributed by atoms with E-state index < -0.39 is 64.4 Å². The number of hydrogen-bond donors (Lipinski definition) is 3. The Morgan fingerprint density at radius 3 is 1.98 bits per heavy atom. The molecule has 50 heavy (non-hydrogen) atoms. The van der Waals surface area contributed by atoms with Crippen LogP contribution in [0.2, 0.25) is 0 Å². The van der Waals surface area contributed by atoms with Crippen LogP contribution in [0, 0.1) is 17.0 Å². The Kier molecular flexibility index (Phi) is 16.0. The molecule has 0 bridgehead atoms. The zero-order valence-electron chi connectivity index (χ0n) is 30.6. The molecule has 10 nitrogen and oxygen atoms in total. The fourth-order valence-corrected chi connectivity index (χ4v) is 4.98. The number of nitrogens with one attached hydrogen (secondary N) is 2. The molecule has 2 amide bonds. The number of benzene rings is 2. The average molecular weight is 705 g/mol. The van der Waals surface area contributed by atoms with Crippen LogP contribution in [0.4, 0.5) is 18.4 Å². The maximum Gasteiger partial charge on any atom is 0.408 e. The minimum atomic E-state index is -1.57. The van der Waals surface area contributed by atoms with E-state index in [0.29, 0.717) is 12.8 Å². The predicted molar refractivity (Wildman–Crippen MR) is 185 cm³/mol. The van der Waals surface area contributed by atoms with Crippen LogP contribution in [0.3, 0.4) is 0 Å². The first kappa shape index (κ1) is 42.3. The van der Waals surface area contributed by atoms with Crippen LogP contribution in [0.15, 0.2) is 48.5 Å². The standard InChI is InChI=1S/C38H54F2N2O8/c1-36(2,3)49-34(46)41-28(21-26-20-27(39)14-15-30(26)40)22-29(43)16-18-38(7,8)19-17-32(44)33(45)31(42-35(47)50-37(4,5)6)24-48-23-25-12-10-9-11-13-25/h9-15,20,28,31,33,45H,16-19,21-24H2,1-8H3,(H,41,46)(H,42,47). The first-order valence-corrected chi connectivity index (χ1v) is 16.9. The van der Waals surface area contributed by atoms with Gasteiger partial charge in [0.1, 0.15) is 34.7 Å². The summed E-state index contributed by atoms with van der Waals surface area (Å²) in [6.45, 7) is 14.0. The van der Waals surface area contributed by atoms with Crippen LogP contribution in [0.5, 0.6) is 0 Å². The number of Topliss-reactive ketones (excluding diaryl/α,β-unsaturated/α-hetero) is 2. The maximum atomic E-state index is 14.4. The molecule has 0 spiro atoms. The van der Waals surface area contributed by atoms with Crippen molar-refractivity contribution in [3.05, 3.63) is 71.3 Å². The van der Waals surface area contributed by atoms with Gasteiger partial charge in [0.05, 0.1) is 19.3 Å². The molecule has 2 aromatic carbocycles. The Morgan fingerprint density at radius 2 is 1.38 bits per heavy atom. The van der Waals surface area contributed by atoms with E-state index in [4.69, 9.17) is 14.2 Å². The van der Waals surface area contributed by atoms with Gasteiger partial charge in [0.25, 0.3) is 0 Å². The highest BCUT2D eigenvalue weighted by atomic mass is 19.1. The molecule has 2 rings (SSSR count). The fourth-order valence-electron chi connectivity index (χ4n) is 4.98. The van der Waals surface area contributed by atoms with Gasteiger partial charge in [0.2, 0.25) is 0 Å². The minimum Gasteiger partial charge on any atom is -0.444 e. The Hall–Kier alpha value is -3.90. The number of ketones is 2. The average Bonchev–Trinajstić information content (AvgIpc) is 2.98. The molecule has 3 atom stereocenters. The van der Waals surface area contributed by atoms with Crippen LogP contribution in [-0.4, -0.2) is 64.9 Å². The highest BCUT2D eigenvalue weighted by Gasteiger charge is 2.31. The van der Waals surface area contributed by atoms with E-state index in [-0.39, 0.29) is 50.2 Å². The number of aliphatic hydroxyl groups excluding tert-OH is 1. The van der Waals surface area contributed by atoms with E-state index >= 15 is 0 Å². The van der Waals surface area contributed by atoms with Crippen molar-refractivity contribution in [2.24, 2.45) is 5.41 Å². The van der Waals surface area contributed by atoms with Crippen molar-refractivity contribution in [3.8, 4) is 0 Å². The lowest BCUT2D eigenvalue weighted by molar-refractivity contribution is -0.130. The molecule has 3 unspecified atom stereocenters. The van der Waals surface area contributed by atoms with Crippen LogP contribution < -0.4 is 10.6 Å². The first-order valence-electron chi connectivity index (χ1n) is 16.9. The monoisotopic (exact) mass is 704 g/mol. The summed E-state index contributed by atoms with van der Waals surface area (Å²) in [5.41, 5.74) is -1.21. The number of hydrogen-bond acceptors (Lipinski definition) is 8. The molecule has 0 heterocycles. The summed E-state index contributed by atoms with van der Waals surface area (Å²) >= 11 is 0. The molecule has 0 saturated carbocycles. The SMILES string of the molecule is CC(C)(CCC(=O)CC(Cc1cc(F)ccc1F)NC(=O)OC(C)(C)C)CCC(=O)C(O)C(COCc1ccccc1)NC(=O)OC(C)(C)C. The lowest BCUT2D eigenvalue weighted by Gasteiger charge is -2.28. The zero-order valence-corrected chi connectivity index (χ0v) is 30.6. The summed E-state index contributed by atoms with van der Waals surface area (Å²) in [7, 11) is 0. The molecule has 0 fully saturated rings. The van der Waals surface area contributed by atoms with Gasteiger partial charge in [-0.1, -0.05) is 44.2 Å². The van der Waals surface area contributed by atoms with Crippen molar-refractivity contribution in [1.82, 2.24) is 10.6 Å². The Morgan fingerprint density at radius 1 is 0.800 bits per heavy atom. The Bertz CT molecular complexity index is 1420. The summed E-state index contributed by atoms with van der Waals surface area (Å²) in [6.07, 6.45) is -2.66. The smallest absolute Gasteiger partial charge is 0.408 e. The summed E-state index contributed by atoms with van der Waals surface area (Å²) in [4.78, 5) is 51.3. The van der Waals surface area contributed by atoms with Gasteiger partial charge < -0.3 is 30.0 Å². The molecule has 2 aromatic rings. The number of rotatable bonds is 18. The summed E-state index contributed by atoms with van der Waals surface area (Å²) in [5, 5.41) is 16.2. The van der Waals surface area contributed by atoms with Crippen molar-refractivity contribution in [1.29, 1.82) is 0 Å². The number of carbonyl (C=O) groups excluding carboxylic acids is 4. The van der Waals surface area contributed by atoms with Crippen molar-refractivity contribution < 1.29 is 47.3 Å². The minimum absolute atomic E-state index is 0.0150. The molecule has 278 valence electrons. The summed E-state index contributed by atoms with van der Waals surface area (Å²) in [6, 6.07) is 10.4. The van der Waals surface area contributed by atoms with E-state index in [1.165, 1.54) is 0 Å². The lowest BCUT2D eigenvalue weighted by atomic mass is 9.81. The van der Waals surface area contributed by atoms with Gasteiger partial charge in [0, 0.05) is 25.3 Å². The van der Waals surface area contributed by atoms with E-state index in [1.54, 1.807) is 41.5 Å². The zero-order chi connectivity index (χ0) is 37.7. The van der Waals surface area contributed by atoms with E-state index in [9.17, 15) is 33.1 Å². The number of amides is 2. The molecule has 0 radical (unpaired) electrons. The van der Waals surface area contributed by atoms with Crippen LogP contribution >= 0.6 is 0 Å². The van der Waals surface area contributed by atoms with Crippen LogP contribution in [-0.2, 0) is 36.8 Å². The second-order valence-corrected chi connectivity index (χ2v) is 15.4. The number of ether oxygens (including phenoxy) is 3. The van der Waals surface area contributed by atoms with E-state index in [1.807, 2.05) is 44.2 Å². The maximum absolute atomic E-state index is 14.4. The molecular formula is C38H54F2N2O8. The van der Waals surface area contributed by atoms with Gasteiger partial charge in [-0.05, 0) is 95.5 Å². The number of carbonyl (C=O) groups is 4. The second kappa shape index (κ2) is 18.9. The molecule has 12 heteroatoms. The summed E-state index contributed by atoms with van der Waals surface area (Å²) in [5.74, 6) is -2.03. The largest absolute Gasteiger partial charge is 0.444 e. The topological polar surface area (TPSA) is 140 Å². The van der Waals surface area contributed by atoms with Crippen molar-refractivity contribution >= 4 is 23.8 Å². The third-order valence-corrected chi connectivity index (χ3v) is 7.62. The first-order chi connectivity index (χ1) is 23.1. The molecule has 0 aliphatic rings. The van der Waals surface area contributed by atoms with Gasteiger partial charge in [0.15, 0.2) is 5.78 Å². The van der Waals surface area contributed by atoms with Crippen molar-refractivity contribution in [2.45, 2.75) is 130 Å². The van der Waals surface area contributed by atoms with E-state index in [2.05, 4.69) is 10.6 Å². The number of halogens is 2. The van der Waals surface area contributed by atoms with Gasteiger partial charge in [-0.15, -0.1) is 0 Å². The van der Waals surface area contributed by atoms with Gasteiger partial charge in [-0.3, -0.25) is 9.59 Å².